The lowest BCUT2D eigenvalue weighted by atomic mass is 10.0. The Morgan fingerprint density at radius 1 is 1.35 bits per heavy atom. The first-order chi connectivity index (χ1) is 7.99. The molecular weight excluding hydrogens is 218 g/mol. The number of hydrogen-bond donors (Lipinski definition) is 1. The van der Waals surface area contributed by atoms with Crippen LogP contribution in [0.4, 0.5) is 0 Å². The molecule has 1 fully saturated rings. The Hall–Kier alpha value is -0.670. The summed E-state index contributed by atoms with van der Waals surface area (Å²) in [7, 11) is 1.59. The summed E-state index contributed by atoms with van der Waals surface area (Å²) >= 11 is 0. The summed E-state index contributed by atoms with van der Waals surface area (Å²) in [6, 6.07) is 2.32. The van der Waals surface area contributed by atoms with Crippen molar-refractivity contribution in [1.82, 2.24) is 9.80 Å². The molecule has 5 heteroatoms. The van der Waals surface area contributed by atoms with E-state index in [0.29, 0.717) is 13.2 Å². The maximum Gasteiger partial charge on any atom is 0.103 e. The largest absolute Gasteiger partial charge is 0.389 e. The number of ether oxygens (including phenoxy) is 1. The third kappa shape index (κ3) is 4.25. The van der Waals surface area contributed by atoms with Crippen molar-refractivity contribution in [2.24, 2.45) is 0 Å². The molecule has 5 nitrogen and oxygen atoms in total. The van der Waals surface area contributed by atoms with Gasteiger partial charge in [0.1, 0.15) is 5.54 Å². The van der Waals surface area contributed by atoms with Crippen LogP contribution in [0.5, 0.6) is 0 Å². The Bertz CT molecular complexity index is 267. The second kappa shape index (κ2) is 6.31. The van der Waals surface area contributed by atoms with Gasteiger partial charge in [0.25, 0.3) is 0 Å². The van der Waals surface area contributed by atoms with Crippen molar-refractivity contribution in [1.29, 1.82) is 5.26 Å². The van der Waals surface area contributed by atoms with E-state index in [1.54, 1.807) is 7.11 Å². The zero-order valence-corrected chi connectivity index (χ0v) is 11.0. The summed E-state index contributed by atoms with van der Waals surface area (Å²) in [5, 5.41) is 18.7. The fourth-order valence-electron chi connectivity index (χ4n) is 2.10. The Morgan fingerprint density at radius 3 is 2.41 bits per heavy atom. The van der Waals surface area contributed by atoms with Crippen molar-refractivity contribution >= 4 is 0 Å². The van der Waals surface area contributed by atoms with Crippen LogP contribution in [0.1, 0.15) is 13.8 Å². The molecule has 1 aliphatic rings. The maximum atomic E-state index is 9.64. The average Bonchev–Trinajstić information content (AvgIpc) is 2.30. The van der Waals surface area contributed by atoms with E-state index in [0.717, 1.165) is 26.2 Å². The van der Waals surface area contributed by atoms with Gasteiger partial charge in [0.05, 0.1) is 18.8 Å². The number of methoxy groups -OCH3 is 1. The molecule has 0 amide bonds. The number of aliphatic hydroxyl groups excluding tert-OH is 1. The summed E-state index contributed by atoms with van der Waals surface area (Å²) in [6.07, 6.45) is -0.421. The van der Waals surface area contributed by atoms with E-state index in [1.165, 1.54) is 0 Å². The molecule has 0 aliphatic carbocycles. The van der Waals surface area contributed by atoms with Crippen molar-refractivity contribution in [3.63, 3.8) is 0 Å². The lowest BCUT2D eigenvalue weighted by molar-refractivity contribution is 0.0144. The number of rotatable bonds is 5. The van der Waals surface area contributed by atoms with E-state index in [2.05, 4.69) is 15.9 Å². The van der Waals surface area contributed by atoms with Gasteiger partial charge in [0.15, 0.2) is 0 Å². The molecule has 1 unspecified atom stereocenters. The molecule has 0 bridgehead atoms. The molecule has 1 atom stereocenters. The van der Waals surface area contributed by atoms with E-state index in [4.69, 9.17) is 10.00 Å². The van der Waals surface area contributed by atoms with Gasteiger partial charge in [-0.25, -0.2) is 0 Å². The monoisotopic (exact) mass is 241 g/mol. The molecule has 0 aromatic carbocycles. The van der Waals surface area contributed by atoms with Crippen molar-refractivity contribution in [3.05, 3.63) is 0 Å². The third-order valence-corrected chi connectivity index (χ3v) is 3.26. The molecule has 0 spiro atoms. The van der Waals surface area contributed by atoms with E-state index >= 15 is 0 Å². The van der Waals surface area contributed by atoms with Gasteiger partial charge in [-0.05, 0) is 13.8 Å². The predicted octanol–water partition coefficient (Wildman–Crippen LogP) is -0.0865. The zero-order valence-electron chi connectivity index (χ0n) is 11.0. The van der Waals surface area contributed by atoms with Crippen molar-refractivity contribution in [2.75, 3.05) is 46.4 Å². The number of aliphatic hydroxyl groups is 1. The van der Waals surface area contributed by atoms with Crippen molar-refractivity contribution in [2.45, 2.75) is 25.5 Å². The first kappa shape index (κ1) is 14.4. The van der Waals surface area contributed by atoms with E-state index in [1.807, 2.05) is 13.8 Å². The van der Waals surface area contributed by atoms with Crippen molar-refractivity contribution in [3.8, 4) is 6.07 Å². The first-order valence-corrected chi connectivity index (χ1v) is 6.05. The quantitative estimate of drug-likeness (QED) is 0.729. The van der Waals surface area contributed by atoms with E-state index in [-0.39, 0.29) is 0 Å². The van der Waals surface area contributed by atoms with Crippen LogP contribution in [-0.2, 0) is 4.74 Å². The van der Waals surface area contributed by atoms with Gasteiger partial charge in [-0.1, -0.05) is 0 Å². The number of nitrogens with zero attached hydrogens (tertiary/aromatic N) is 3. The van der Waals surface area contributed by atoms with Gasteiger partial charge in [-0.2, -0.15) is 5.26 Å². The summed E-state index contributed by atoms with van der Waals surface area (Å²) in [5.41, 5.74) is -0.392. The Kier molecular flexibility index (Phi) is 5.34. The number of β-amino-alcohol motifs (C(OH)–C–C–N with tert-alkyl or cyclic N) is 1. The van der Waals surface area contributed by atoms with Crippen LogP contribution in [0.3, 0.4) is 0 Å². The lowest BCUT2D eigenvalue weighted by Gasteiger charge is -2.40. The highest BCUT2D eigenvalue weighted by Crippen LogP contribution is 2.15. The standard InChI is InChI=1S/C12H23N3O2/c1-12(2,10-13)15-6-4-14(5-7-15)8-11(16)9-17-3/h11,16H,4-9H2,1-3H3. The molecule has 1 saturated heterocycles. The Labute approximate surface area is 104 Å². The highest BCUT2D eigenvalue weighted by Gasteiger charge is 2.29. The number of hydrogen-bond acceptors (Lipinski definition) is 5. The van der Waals surface area contributed by atoms with Crippen LogP contribution in [0.25, 0.3) is 0 Å². The Morgan fingerprint density at radius 2 is 1.94 bits per heavy atom. The van der Waals surface area contributed by atoms with Gasteiger partial charge >= 0.3 is 0 Å². The molecule has 0 saturated carbocycles. The summed E-state index contributed by atoms with van der Waals surface area (Å²) in [6.45, 7) is 8.46. The van der Waals surface area contributed by atoms with E-state index in [9.17, 15) is 5.11 Å². The highest BCUT2D eigenvalue weighted by molar-refractivity contribution is 5.02. The van der Waals surface area contributed by atoms with Crippen LogP contribution in [0, 0.1) is 11.3 Å². The molecule has 0 radical (unpaired) electrons. The minimum atomic E-state index is -0.421. The van der Waals surface area contributed by atoms with Gasteiger partial charge in [0.2, 0.25) is 0 Å². The number of nitriles is 1. The number of piperazine rings is 1. The molecule has 1 aliphatic heterocycles. The molecule has 1 N–H and O–H groups in total. The van der Waals surface area contributed by atoms with Gasteiger partial charge in [0, 0.05) is 39.8 Å². The van der Waals surface area contributed by atoms with Crippen molar-refractivity contribution < 1.29 is 9.84 Å². The molecule has 98 valence electrons. The molecule has 0 aromatic rings. The fraction of sp³-hybridized carbons (Fsp3) is 0.917. The molecule has 1 heterocycles. The minimum absolute atomic E-state index is 0.379. The predicted molar refractivity (Wildman–Crippen MR) is 65.6 cm³/mol. The summed E-state index contributed by atoms with van der Waals surface area (Å²) in [5.74, 6) is 0. The SMILES string of the molecule is COCC(O)CN1CCN(C(C)(C)C#N)CC1. The maximum absolute atomic E-state index is 9.64. The van der Waals surface area contributed by atoms with Crippen LogP contribution in [-0.4, -0.2) is 73.0 Å². The van der Waals surface area contributed by atoms with Gasteiger partial charge in [-0.15, -0.1) is 0 Å². The van der Waals surface area contributed by atoms with Gasteiger partial charge in [-0.3, -0.25) is 9.80 Å². The lowest BCUT2D eigenvalue weighted by Crippen LogP contribution is -2.55. The zero-order chi connectivity index (χ0) is 12.9. The normalized spacial score (nSPS) is 21.1. The minimum Gasteiger partial charge on any atom is -0.389 e. The highest BCUT2D eigenvalue weighted by atomic mass is 16.5. The van der Waals surface area contributed by atoms with Crippen LogP contribution in [0.15, 0.2) is 0 Å². The summed E-state index contributed by atoms with van der Waals surface area (Å²) in [4.78, 5) is 4.40. The van der Waals surface area contributed by atoms with Crippen LogP contribution >= 0.6 is 0 Å². The smallest absolute Gasteiger partial charge is 0.103 e. The summed E-state index contributed by atoms with van der Waals surface area (Å²) < 4.78 is 4.91. The molecule has 1 rings (SSSR count). The molecular formula is C12H23N3O2. The van der Waals surface area contributed by atoms with Crippen LogP contribution in [0.2, 0.25) is 0 Å². The fourth-order valence-corrected chi connectivity index (χ4v) is 2.10. The topological polar surface area (TPSA) is 59.7 Å². The van der Waals surface area contributed by atoms with E-state index < -0.39 is 11.6 Å². The average molecular weight is 241 g/mol. The van der Waals surface area contributed by atoms with Crippen LogP contribution < -0.4 is 0 Å². The third-order valence-electron chi connectivity index (χ3n) is 3.26. The first-order valence-electron chi connectivity index (χ1n) is 6.05. The second-order valence-corrected chi connectivity index (χ2v) is 5.07. The Balaban J connectivity index is 2.34. The second-order valence-electron chi connectivity index (χ2n) is 5.07. The molecule has 17 heavy (non-hydrogen) atoms. The molecule has 0 aromatic heterocycles. The van der Waals surface area contributed by atoms with Gasteiger partial charge < -0.3 is 9.84 Å².